The number of aryl methyl sites for hydroxylation is 1. The van der Waals surface area contributed by atoms with Gasteiger partial charge in [-0.05, 0) is 50.3 Å². The Morgan fingerprint density at radius 2 is 2.04 bits per heavy atom. The Morgan fingerprint density at radius 3 is 2.65 bits per heavy atom. The van der Waals surface area contributed by atoms with Gasteiger partial charge in [0, 0.05) is 5.69 Å². The monoisotopic (exact) mass is 359 g/mol. The minimum absolute atomic E-state index is 0.131. The van der Waals surface area contributed by atoms with E-state index in [0.29, 0.717) is 11.3 Å². The Labute approximate surface area is 150 Å². The SMILES string of the molecule is COC(=O)c1ccc(C)c(NC(=O)CN2C(=O)NC(C)(C3CC3)C2=O)c1. The number of ether oxygens (including phenoxy) is 1. The van der Waals surface area contributed by atoms with Crippen LogP contribution < -0.4 is 10.6 Å². The maximum absolute atomic E-state index is 12.6. The molecule has 1 unspecified atom stereocenters. The van der Waals surface area contributed by atoms with Crippen molar-refractivity contribution in [1.82, 2.24) is 10.2 Å². The summed E-state index contributed by atoms with van der Waals surface area (Å²) in [6, 6.07) is 4.22. The third-order valence-electron chi connectivity index (χ3n) is 4.93. The number of hydrogen-bond acceptors (Lipinski definition) is 5. The van der Waals surface area contributed by atoms with Crippen molar-refractivity contribution in [3.8, 4) is 0 Å². The number of nitrogens with zero attached hydrogens (tertiary/aromatic N) is 1. The Bertz CT molecular complexity index is 802. The van der Waals surface area contributed by atoms with Crippen molar-refractivity contribution < 1.29 is 23.9 Å². The number of esters is 1. The Kier molecular flexibility index (Phi) is 4.43. The summed E-state index contributed by atoms with van der Waals surface area (Å²) in [6.45, 7) is 3.09. The van der Waals surface area contributed by atoms with E-state index in [1.54, 1.807) is 26.0 Å². The van der Waals surface area contributed by atoms with Crippen LogP contribution in [0.15, 0.2) is 18.2 Å². The molecule has 3 rings (SSSR count). The minimum Gasteiger partial charge on any atom is -0.465 e. The van der Waals surface area contributed by atoms with Crippen LogP contribution in [0.2, 0.25) is 0 Å². The van der Waals surface area contributed by atoms with Gasteiger partial charge in [0.2, 0.25) is 5.91 Å². The molecule has 0 spiro atoms. The zero-order valence-corrected chi connectivity index (χ0v) is 14.9. The van der Waals surface area contributed by atoms with Crippen LogP contribution in [0.4, 0.5) is 10.5 Å². The molecule has 138 valence electrons. The molecule has 1 atom stereocenters. The normalized spacial score (nSPS) is 22.2. The molecular formula is C18H21N3O5. The van der Waals surface area contributed by atoms with E-state index in [4.69, 9.17) is 0 Å². The van der Waals surface area contributed by atoms with Crippen LogP contribution in [0.5, 0.6) is 0 Å². The van der Waals surface area contributed by atoms with Crippen molar-refractivity contribution in [2.45, 2.75) is 32.2 Å². The second kappa shape index (κ2) is 6.44. The van der Waals surface area contributed by atoms with Crippen molar-refractivity contribution >= 4 is 29.5 Å². The van der Waals surface area contributed by atoms with Gasteiger partial charge in [0.1, 0.15) is 12.1 Å². The molecule has 1 aromatic carbocycles. The van der Waals surface area contributed by atoms with E-state index in [0.717, 1.165) is 23.3 Å². The van der Waals surface area contributed by atoms with E-state index in [1.165, 1.54) is 13.2 Å². The zero-order valence-electron chi connectivity index (χ0n) is 14.9. The van der Waals surface area contributed by atoms with Crippen LogP contribution in [0.1, 0.15) is 35.7 Å². The molecule has 1 heterocycles. The molecule has 1 aromatic rings. The van der Waals surface area contributed by atoms with E-state index in [1.807, 2.05) is 0 Å². The lowest BCUT2D eigenvalue weighted by Gasteiger charge is -2.20. The molecule has 8 nitrogen and oxygen atoms in total. The Morgan fingerprint density at radius 1 is 1.35 bits per heavy atom. The molecular weight excluding hydrogens is 338 g/mol. The maximum atomic E-state index is 12.6. The highest BCUT2D eigenvalue weighted by Gasteiger charge is 2.56. The summed E-state index contributed by atoms with van der Waals surface area (Å²) in [7, 11) is 1.27. The number of benzene rings is 1. The molecule has 2 fully saturated rings. The molecule has 2 N–H and O–H groups in total. The van der Waals surface area contributed by atoms with Crippen molar-refractivity contribution in [3.63, 3.8) is 0 Å². The fourth-order valence-electron chi connectivity index (χ4n) is 3.13. The lowest BCUT2D eigenvalue weighted by molar-refractivity contribution is -0.134. The molecule has 1 saturated carbocycles. The van der Waals surface area contributed by atoms with Gasteiger partial charge in [-0.2, -0.15) is 0 Å². The number of urea groups is 1. The predicted molar refractivity (Wildman–Crippen MR) is 92.5 cm³/mol. The van der Waals surface area contributed by atoms with E-state index in [2.05, 4.69) is 15.4 Å². The van der Waals surface area contributed by atoms with Crippen LogP contribution in [0.25, 0.3) is 0 Å². The van der Waals surface area contributed by atoms with Gasteiger partial charge in [0.25, 0.3) is 5.91 Å². The number of carbonyl (C=O) groups excluding carboxylic acids is 4. The van der Waals surface area contributed by atoms with Crippen LogP contribution in [-0.2, 0) is 14.3 Å². The number of imide groups is 1. The quantitative estimate of drug-likeness (QED) is 0.611. The Hall–Kier alpha value is -2.90. The van der Waals surface area contributed by atoms with Gasteiger partial charge in [0.05, 0.1) is 12.7 Å². The molecule has 1 aliphatic heterocycles. The van der Waals surface area contributed by atoms with Crippen molar-refractivity contribution in [2.24, 2.45) is 5.92 Å². The van der Waals surface area contributed by atoms with Crippen LogP contribution in [-0.4, -0.2) is 47.9 Å². The third kappa shape index (κ3) is 3.14. The van der Waals surface area contributed by atoms with E-state index in [9.17, 15) is 19.2 Å². The zero-order chi connectivity index (χ0) is 19.1. The third-order valence-corrected chi connectivity index (χ3v) is 4.93. The highest BCUT2D eigenvalue weighted by Crippen LogP contribution is 2.42. The number of rotatable bonds is 5. The molecule has 26 heavy (non-hydrogen) atoms. The van der Waals surface area contributed by atoms with Gasteiger partial charge in [-0.3, -0.25) is 14.5 Å². The fourth-order valence-corrected chi connectivity index (χ4v) is 3.13. The summed E-state index contributed by atoms with van der Waals surface area (Å²) in [6.07, 6.45) is 1.78. The lowest BCUT2D eigenvalue weighted by Crippen LogP contribution is -2.46. The second-order valence-corrected chi connectivity index (χ2v) is 6.87. The topological polar surface area (TPSA) is 105 Å². The first-order chi connectivity index (χ1) is 12.3. The molecule has 0 radical (unpaired) electrons. The number of anilines is 1. The summed E-state index contributed by atoms with van der Waals surface area (Å²) >= 11 is 0. The number of hydrogen-bond donors (Lipinski definition) is 2. The van der Waals surface area contributed by atoms with Crippen LogP contribution in [0, 0.1) is 12.8 Å². The molecule has 8 heteroatoms. The summed E-state index contributed by atoms with van der Waals surface area (Å²) in [4.78, 5) is 49.6. The summed E-state index contributed by atoms with van der Waals surface area (Å²) in [5.74, 6) is -1.28. The molecule has 2 aliphatic rings. The summed E-state index contributed by atoms with van der Waals surface area (Å²) in [5, 5.41) is 5.35. The average molecular weight is 359 g/mol. The van der Waals surface area contributed by atoms with Gasteiger partial charge < -0.3 is 15.4 Å². The molecule has 0 aromatic heterocycles. The van der Waals surface area contributed by atoms with Gasteiger partial charge in [-0.15, -0.1) is 0 Å². The molecule has 1 aliphatic carbocycles. The van der Waals surface area contributed by atoms with Crippen molar-refractivity contribution in [3.05, 3.63) is 29.3 Å². The van der Waals surface area contributed by atoms with Gasteiger partial charge in [-0.1, -0.05) is 6.07 Å². The largest absolute Gasteiger partial charge is 0.465 e. The molecule has 1 saturated heterocycles. The smallest absolute Gasteiger partial charge is 0.337 e. The predicted octanol–water partition coefficient (Wildman–Crippen LogP) is 1.44. The van der Waals surface area contributed by atoms with Gasteiger partial charge >= 0.3 is 12.0 Å². The van der Waals surface area contributed by atoms with E-state index >= 15 is 0 Å². The standard InChI is InChI=1S/C18H21N3O5/c1-10-4-5-11(15(23)26-3)8-13(10)19-14(22)9-21-16(24)18(2,12-6-7-12)20-17(21)25/h4-5,8,12H,6-7,9H2,1-3H3,(H,19,22)(H,20,25). The number of carbonyl (C=O) groups is 4. The first-order valence-corrected chi connectivity index (χ1v) is 8.39. The number of nitrogens with one attached hydrogen (secondary N) is 2. The lowest BCUT2D eigenvalue weighted by atomic mass is 9.96. The van der Waals surface area contributed by atoms with E-state index < -0.39 is 23.4 Å². The van der Waals surface area contributed by atoms with Gasteiger partial charge in [-0.25, -0.2) is 9.59 Å². The fraction of sp³-hybridized carbons (Fsp3) is 0.444. The molecule has 4 amide bonds. The van der Waals surface area contributed by atoms with Gasteiger partial charge in [0.15, 0.2) is 0 Å². The first-order valence-electron chi connectivity index (χ1n) is 8.39. The van der Waals surface area contributed by atoms with Crippen LogP contribution >= 0.6 is 0 Å². The number of methoxy groups -OCH3 is 1. The highest BCUT2D eigenvalue weighted by atomic mass is 16.5. The second-order valence-electron chi connectivity index (χ2n) is 6.87. The van der Waals surface area contributed by atoms with Crippen molar-refractivity contribution in [1.29, 1.82) is 0 Å². The number of amides is 4. The van der Waals surface area contributed by atoms with Crippen molar-refractivity contribution in [2.75, 3.05) is 19.0 Å². The summed E-state index contributed by atoms with van der Waals surface area (Å²) < 4.78 is 4.67. The minimum atomic E-state index is -0.919. The van der Waals surface area contributed by atoms with E-state index in [-0.39, 0.29) is 18.4 Å². The summed E-state index contributed by atoms with van der Waals surface area (Å²) in [5.41, 5.74) is 0.545. The van der Waals surface area contributed by atoms with Crippen LogP contribution in [0.3, 0.4) is 0 Å². The first kappa shape index (κ1) is 17.9. The average Bonchev–Trinajstić information content (AvgIpc) is 3.42. The molecule has 0 bridgehead atoms. The highest BCUT2D eigenvalue weighted by molar-refractivity contribution is 6.10. The Balaban J connectivity index is 1.70. The maximum Gasteiger partial charge on any atom is 0.337 e.